The minimum absolute atomic E-state index is 0. The van der Waals surface area contributed by atoms with E-state index >= 15 is 0 Å². The van der Waals surface area contributed by atoms with Gasteiger partial charge in [-0.15, -0.1) is 0 Å². The van der Waals surface area contributed by atoms with Crippen LogP contribution in [0.2, 0.25) is 0 Å². The number of piperidine rings is 1. The number of benzene rings is 2. The zero-order chi connectivity index (χ0) is 15.4. The lowest BCUT2D eigenvalue weighted by atomic mass is 9.87. The van der Waals surface area contributed by atoms with Gasteiger partial charge in [0.2, 0.25) is 0 Å². The Morgan fingerprint density at radius 2 is 1.74 bits per heavy atom. The average Bonchev–Trinajstić information content (AvgIpc) is 2.54. The zero-order valence-corrected chi connectivity index (χ0v) is 13.0. The number of nitrogens with one attached hydrogen (secondary N) is 1. The van der Waals surface area contributed by atoms with E-state index < -0.39 is 11.8 Å². The molecular weight excluding hydrogens is 298 g/mol. The Balaban J connectivity index is 0.00000192. The van der Waals surface area contributed by atoms with E-state index in [4.69, 9.17) is 4.74 Å². The van der Waals surface area contributed by atoms with Crippen LogP contribution < -0.4 is 16.2 Å². The molecule has 1 aliphatic heterocycles. The van der Waals surface area contributed by atoms with E-state index in [0.29, 0.717) is 30.9 Å². The topological polar surface area (TPSA) is 56.3 Å². The third kappa shape index (κ3) is 4.27. The van der Waals surface area contributed by atoms with Gasteiger partial charge in [-0.2, -0.15) is 0 Å². The molecule has 0 saturated carbocycles. The van der Waals surface area contributed by atoms with Crippen molar-refractivity contribution in [2.75, 3.05) is 13.1 Å². The number of hydrogen-bond donors (Lipinski definition) is 2. The first-order valence-corrected chi connectivity index (χ1v) is 7.50. The lowest BCUT2D eigenvalue weighted by Gasteiger charge is -2.32. The molecule has 3 nitrogen and oxygen atoms in total. The second-order valence-corrected chi connectivity index (χ2v) is 5.62. The van der Waals surface area contributed by atoms with Gasteiger partial charge >= 0.3 is 0 Å². The molecule has 124 valence electrons. The van der Waals surface area contributed by atoms with Crippen LogP contribution in [-0.2, 0) is 6.61 Å². The molecule has 0 radical (unpaired) electrons. The highest BCUT2D eigenvalue weighted by molar-refractivity contribution is 5.31. The summed E-state index contributed by atoms with van der Waals surface area (Å²) in [7, 11) is 0. The summed E-state index contributed by atoms with van der Waals surface area (Å²) in [5.74, 6) is -2.70. The molecule has 23 heavy (non-hydrogen) atoms. The number of alkyl halides is 2. The van der Waals surface area contributed by atoms with Gasteiger partial charge in [0.25, 0.3) is 5.92 Å². The molecule has 4 N–H and O–H groups in total. The Morgan fingerprint density at radius 1 is 1.04 bits per heavy atom. The van der Waals surface area contributed by atoms with Crippen LogP contribution in [0.15, 0.2) is 54.6 Å². The van der Waals surface area contributed by atoms with Gasteiger partial charge in [0.15, 0.2) is 0 Å². The Bertz CT molecular complexity index is 602. The summed E-state index contributed by atoms with van der Waals surface area (Å²) in [6, 6.07) is 16.9. The maximum Gasteiger partial charge on any atom is 0.267 e. The number of ether oxygens (including phenoxy) is 1. The Morgan fingerprint density at radius 3 is 2.39 bits per heavy atom. The maximum absolute atomic E-state index is 13.9. The van der Waals surface area contributed by atoms with E-state index in [1.807, 2.05) is 30.3 Å². The Kier molecular flexibility index (Phi) is 5.69. The normalized spacial score (nSPS) is 19.7. The molecule has 0 spiro atoms. The fourth-order valence-corrected chi connectivity index (χ4v) is 2.78. The van der Waals surface area contributed by atoms with Crippen LogP contribution in [0.3, 0.4) is 0 Å². The Labute approximate surface area is 135 Å². The van der Waals surface area contributed by atoms with Crippen LogP contribution in [0.4, 0.5) is 8.78 Å². The van der Waals surface area contributed by atoms with E-state index in [1.54, 1.807) is 24.3 Å². The van der Waals surface area contributed by atoms with Crippen molar-refractivity contribution >= 4 is 0 Å². The van der Waals surface area contributed by atoms with Gasteiger partial charge in [0.05, 0.1) is 12.5 Å². The second-order valence-electron chi connectivity index (χ2n) is 5.62. The smallest absolute Gasteiger partial charge is 0.267 e. The monoisotopic (exact) mass is 320 g/mol. The Hall–Kier alpha value is -1.98. The highest BCUT2D eigenvalue weighted by atomic mass is 19.3. The number of hydrogen-bond acceptors (Lipinski definition) is 3. The van der Waals surface area contributed by atoms with Crippen LogP contribution in [0.25, 0.3) is 0 Å². The molecule has 1 unspecified atom stereocenters. The van der Waals surface area contributed by atoms with Crippen LogP contribution in [0.5, 0.6) is 5.75 Å². The first-order chi connectivity index (χ1) is 10.6. The summed E-state index contributed by atoms with van der Waals surface area (Å²) in [6.07, 6.45) is 0.456. The highest BCUT2D eigenvalue weighted by Crippen LogP contribution is 2.38. The molecule has 1 fully saturated rings. The zero-order valence-electron chi connectivity index (χ0n) is 13.0. The van der Waals surface area contributed by atoms with Crippen molar-refractivity contribution in [3.63, 3.8) is 0 Å². The molecule has 0 aromatic heterocycles. The molecule has 5 heteroatoms. The maximum atomic E-state index is 13.9. The average molecular weight is 320 g/mol. The lowest BCUT2D eigenvalue weighted by Crippen LogP contribution is -2.44. The van der Waals surface area contributed by atoms with Gasteiger partial charge in [-0.05, 0) is 36.2 Å². The minimum atomic E-state index is -2.69. The van der Waals surface area contributed by atoms with Crippen LogP contribution in [-0.4, -0.2) is 19.0 Å². The van der Waals surface area contributed by atoms with Gasteiger partial charge < -0.3 is 16.2 Å². The minimum Gasteiger partial charge on any atom is -0.489 e. The van der Waals surface area contributed by atoms with Crippen molar-refractivity contribution in [1.82, 2.24) is 11.5 Å². The number of halogens is 2. The molecule has 1 saturated heterocycles. The van der Waals surface area contributed by atoms with Gasteiger partial charge in [-0.25, -0.2) is 8.78 Å². The molecule has 2 aromatic rings. The van der Waals surface area contributed by atoms with E-state index in [-0.39, 0.29) is 12.7 Å². The first kappa shape index (κ1) is 17.4. The SMILES string of the molecule is FC1(F)CNCCC1c1ccc(OCc2ccccc2)cc1.N. The summed E-state index contributed by atoms with van der Waals surface area (Å²) >= 11 is 0. The molecule has 0 aliphatic carbocycles. The van der Waals surface area contributed by atoms with Crippen molar-refractivity contribution in [2.24, 2.45) is 0 Å². The molecular formula is C18H22F2N2O. The molecule has 1 heterocycles. The lowest BCUT2D eigenvalue weighted by molar-refractivity contribution is -0.0420. The summed E-state index contributed by atoms with van der Waals surface area (Å²) in [6.45, 7) is 0.861. The van der Waals surface area contributed by atoms with E-state index in [2.05, 4.69) is 5.32 Å². The standard InChI is InChI=1S/C18H19F2NO.H3N/c19-18(20)13-21-11-10-17(18)15-6-8-16(9-7-15)22-12-14-4-2-1-3-5-14;/h1-9,17,21H,10-13H2;1H3. The second kappa shape index (κ2) is 7.53. The van der Waals surface area contributed by atoms with Crippen molar-refractivity contribution in [1.29, 1.82) is 0 Å². The van der Waals surface area contributed by atoms with E-state index in [9.17, 15) is 8.78 Å². The molecule has 3 rings (SSSR count). The predicted octanol–water partition coefficient (Wildman–Crippen LogP) is 4.14. The highest BCUT2D eigenvalue weighted by Gasteiger charge is 2.42. The third-order valence-corrected chi connectivity index (χ3v) is 4.01. The van der Waals surface area contributed by atoms with Gasteiger partial charge in [0.1, 0.15) is 12.4 Å². The largest absolute Gasteiger partial charge is 0.489 e. The van der Waals surface area contributed by atoms with Crippen LogP contribution in [0.1, 0.15) is 23.5 Å². The molecule has 0 bridgehead atoms. The molecule has 1 atom stereocenters. The van der Waals surface area contributed by atoms with Crippen molar-refractivity contribution in [3.05, 3.63) is 65.7 Å². The van der Waals surface area contributed by atoms with E-state index in [0.717, 1.165) is 5.56 Å². The van der Waals surface area contributed by atoms with Crippen LogP contribution >= 0.6 is 0 Å². The van der Waals surface area contributed by atoms with E-state index in [1.165, 1.54) is 0 Å². The van der Waals surface area contributed by atoms with Crippen molar-refractivity contribution in [2.45, 2.75) is 24.9 Å². The number of rotatable bonds is 4. The van der Waals surface area contributed by atoms with Gasteiger partial charge in [-0.1, -0.05) is 42.5 Å². The molecule has 1 aliphatic rings. The first-order valence-electron chi connectivity index (χ1n) is 7.50. The summed E-state index contributed by atoms with van der Waals surface area (Å²) < 4.78 is 33.5. The summed E-state index contributed by atoms with van der Waals surface area (Å²) in [4.78, 5) is 0. The fourth-order valence-electron chi connectivity index (χ4n) is 2.78. The quantitative estimate of drug-likeness (QED) is 0.890. The van der Waals surface area contributed by atoms with Crippen molar-refractivity contribution in [3.8, 4) is 5.75 Å². The molecule has 0 amide bonds. The van der Waals surface area contributed by atoms with Crippen LogP contribution in [0, 0.1) is 0 Å². The summed E-state index contributed by atoms with van der Waals surface area (Å²) in [5, 5.41) is 2.75. The van der Waals surface area contributed by atoms with Crippen molar-refractivity contribution < 1.29 is 13.5 Å². The molecule has 2 aromatic carbocycles. The predicted molar refractivity (Wildman–Crippen MR) is 87.4 cm³/mol. The van der Waals surface area contributed by atoms with Gasteiger partial charge in [-0.3, -0.25) is 0 Å². The third-order valence-electron chi connectivity index (χ3n) is 4.01. The van der Waals surface area contributed by atoms with Gasteiger partial charge in [0, 0.05) is 0 Å². The fraction of sp³-hybridized carbons (Fsp3) is 0.333. The summed E-state index contributed by atoms with van der Waals surface area (Å²) in [5.41, 5.74) is 1.76.